The van der Waals surface area contributed by atoms with Gasteiger partial charge in [-0.15, -0.1) is 0 Å². The van der Waals surface area contributed by atoms with Gasteiger partial charge in [-0.25, -0.2) is 14.2 Å². The molecule has 0 aliphatic carbocycles. The van der Waals surface area contributed by atoms with Gasteiger partial charge in [-0.1, -0.05) is 18.2 Å². The van der Waals surface area contributed by atoms with Gasteiger partial charge in [0.25, 0.3) is 5.91 Å². The summed E-state index contributed by atoms with van der Waals surface area (Å²) >= 11 is 0. The highest BCUT2D eigenvalue weighted by molar-refractivity contribution is 6.13. The number of nitrogens with zero attached hydrogens (tertiary/aromatic N) is 1. The number of nitrogens with one attached hydrogen (secondary N) is 2. The number of para-hydroxylation sites is 1. The van der Waals surface area contributed by atoms with Gasteiger partial charge in [0.1, 0.15) is 17.6 Å². The summed E-state index contributed by atoms with van der Waals surface area (Å²) in [6.45, 7) is 1.54. The summed E-state index contributed by atoms with van der Waals surface area (Å²) < 4.78 is 18.1. The average Bonchev–Trinajstić information content (AvgIpc) is 3.11. The molecule has 2 heterocycles. The number of ether oxygens (including phenoxy) is 1. The Morgan fingerprint density at radius 1 is 1.10 bits per heavy atom. The van der Waals surface area contributed by atoms with Crippen molar-refractivity contribution >= 4 is 33.7 Å². The van der Waals surface area contributed by atoms with Crippen LogP contribution in [-0.4, -0.2) is 35.0 Å². The predicted molar refractivity (Wildman–Crippen MR) is 108 cm³/mol. The van der Waals surface area contributed by atoms with Crippen LogP contribution in [0.5, 0.6) is 0 Å². The van der Waals surface area contributed by atoms with E-state index in [1.165, 1.54) is 26.2 Å². The number of fused-ring (bicyclic) bond motifs is 3. The molecule has 2 N–H and O–H groups in total. The number of carbonyl (C=O) groups excluding carboxylic acids is 2. The molecule has 146 valence electrons. The summed E-state index contributed by atoms with van der Waals surface area (Å²) in [5.74, 6) is -1.41. The summed E-state index contributed by atoms with van der Waals surface area (Å²) in [5, 5.41) is 4.34. The lowest BCUT2D eigenvalue weighted by Gasteiger charge is -2.12. The van der Waals surface area contributed by atoms with Crippen molar-refractivity contribution in [1.82, 2.24) is 15.3 Å². The van der Waals surface area contributed by atoms with Crippen LogP contribution in [0.1, 0.15) is 17.4 Å². The van der Waals surface area contributed by atoms with Crippen LogP contribution in [0.15, 0.2) is 54.6 Å². The van der Waals surface area contributed by atoms with Crippen LogP contribution in [0.4, 0.5) is 4.39 Å². The zero-order chi connectivity index (χ0) is 20.5. The Morgan fingerprint density at radius 3 is 2.55 bits per heavy atom. The number of pyridine rings is 1. The predicted octanol–water partition coefficient (Wildman–Crippen LogP) is 3.81. The van der Waals surface area contributed by atoms with Crippen LogP contribution in [0, 0.1) is 5.82 Å². The Balaban J connectivity index is 1.89. The van der Waals surface area contributed by atoms with Crippen LogP contribution in [0.3, 0.4) is 0 Å². The molecule has 0 saturated carbocycles. The van der Waals surface area contributed by atoms with Crippen molar-refractivity contribution in [2.24, 2.45) is 0 Å². The lowest BCUT2D eigenvalue weighted by Crippen LogP contribution is -2.39. The van der Waals surface area contributed by atoms with E-state index in [-0.39, 0.29) is 11.5 Å². The minimum absolute atomic E-state index is 0.150. The number of hydrogen-bond acceptors (Lipinski definition) is 4. The number of aromatic nitrogens is 2. The fourth-order valence-electron chi connectivity index (χ4n) is 3.28. The number of esters is 1. The van der Waals surface area contributed by atoms with Gasteiger partial charge in [0.15, 0.2) is 0 Å². The van der Waals surface area contributed by atoms with Crippen LogP contribution in [0.2, 0.25) is 0 Å². The Morgan fingerprint density at radius 2 is 1.83 bits per heavy atom. The maximum atomic E-state index is 13.4. The molecule has 0 aliphatic heterocycles. The second-order valence-electron chi connectivity index (χ2n) is 6.67. The smallest absolute Gasteiger partial charge is 0.328 e. The van der Waals surface area contributed by atoms with Crippen molar-refractivity contribution in [1.29, 1.82) is 0 Å². The molecule has 2 aromatic carbocycles. The van der Waals surface area contributed by atoms with Crippen molar-refractivity contribution in [2.75, 3.05) is 7.11 Å². The van der Waals surface area contributed by atoms with E-state index in [1.807, 2.05) is 24.3 Å². The average molecular weight is 391 g/mol. The first-order valence-corrected chi connectivity index (χ1v) is 9.04. The van der Waals surface area contributed by atoms with Gasteiger partial charge >= 0.3 is 5.97 Å². The number of carbonyl (C=O) groups is 2. The number of benzene rings is 2. The number of hydrogen-bond donors (Lipinski definition) is 2. The molecule has 1 atom stereocenters. The third kappa shape index (κ3) is 3.42. The Kier molecular flexibility index (Phi) is 4.72. The van der Waals surface area contributed by atoms with E-state index in [1.54, 1.807) is 18.2 Å². The molecule has 0 spiro atoms. The topological polar surface area (TPSA) is 84.1 Å². The molecular weight excluding hydrogens is 373 g/mol. The minimum Gasteiger partial charge on any atom is -0.467 e. The summed E-state index contributed by atoms with van der Waals surface area (Å²) in [7, 11) is 1.26. The summed E-state index contributed by atoms with van der Waals surface area (Å²) in [6, 6.07) is 14.5. The van der Waals surface area contributed by atoms with Gasteiger partial charge in [-0.2, -0.15) is 0 Å². The zero-order valence-corrected chi connectivity index (χ0v) is 15.8. The SMILES string of the molecule is COC(=O)[C@@H](C)NC(=O)c1cc2c([nH]c3ccccc32)c(-c2ccc(F)cc2)n1. The van der Waals surface area contributed by atoms with E-state index in [9.17, 15) is 14.0 Å². The van der Waals surface area contributed by atoms with E-state index in [0.29, 0.717) is 11.3 Å². The van der Waals surface area contributed by atoms with Gasteiger partial charge in [0, 0.05) is 21.9 Å². The summed E-state index contributed by atoms with van der Waals surface area (Å²) in [4.78, 5) is 32.3. The van der Waals surface area contributed by atoms with Gasteiger partial charge in [0.05, 0.1) is 18.3 Å². The number of amides is 1. The normalized spacial score (nSPS) is 12.1. The first-order valence-electron chi connectivity index (χ1n) is 9.04. The van der Waals surface area contributed by atoms with Gasteiger partial charge in [-0.3, -0.25) is 4.79 Å². The van der Waals surface area contributed by atoms with E-state index in [2.05, 4.69) is 20.0 Å². The molecule has 0 bridgehead atoms. The minimum atomic E-state index is -0.817. The van der Waals surface area contributed by atoms with Crippen molar-refractivity contribution < 1.29 is 18.7 Å². The van der Waals surface area contributed by atoms with E-state index in [4.69, 9.17) is 0 Å². The number of halogens is 1. The molecule has 0 saturated heterocycles. The summed E-state index contributed by atoms with van der Waals surface area (Å²) in [5.41, 5.74) is 2.98. The fraction of sp³-hybridized carbons (Fsp3) is 0.136. The van der Waals surface area contributed by atoms with Gasteiger partial charge in [-0.05, 0) is 43.3 Å². The molecule has 4 aromatic rings. The van der Waals surface area contributed by atoms with Crippen LogP contribution in [-0.2, 0) is 9.53 Å². The molecule has 0 unspecified atom stereocenters. The quantitative estimate of drug-likeness (QED) is 0.518. The maximum absolute atomic E-state index is 13.4. The van der Waals surface area contributed by atoms with E-state index in [0.717, 1.165) is 21.8 Å². The van der Waals surface area contributed by atoms with Crippen molar-refractivity contribution in [3.05, 3.63) is 66.1 Å². The first kappa shape index (κ1) is 18.6. The summed E-state index contributed by atoms with van der Waals surface area (Å²) in [6.07, 6.45) is 0. The molecule has 6 nitrogen and oxygen atoms in total. The Labute approximate surface area is 165 Å². The molecule has 4 rings (SSSR count). The highest BCUT2D eigenvalue weighted by atomic mass is 19.1. The van der Waals surface area contributed by atoms with Crippen LogP contribution < -0.4 is 5.32 Å². The fourth-order valence-corrected chi connectivity index (χ4v) is 3.28. The van der Waals surface area contributed by atoms with E-state index >= 15 is 0 Å². The molecule has 29 heavy (non-hydrogen) atoms. The van der Waals surface area contributed by atoms with Crippen LogP contribution >= 0.6 is 0 Å². The third-order valence-corrected chi connectivity index (χ3v) is 4.75. The molecule has 0 radical (unpaired) electrons. The monoisotopic (exact) mass is 391 g/mol. The lowest BCUT2D eigenvalue weighted by molar-refractivity contribution is -0.142. The van der Waals surface area contributed by atoms with Crippen LogP contribution in [0.25, 0.3) is 33.1 Å². The lowest BCUT2D eigenvalue weighted by atomic mass is 10.1. The van der Waals surface area contributed by atoms with Crippen molar-refractivity contribution in [3.8, 4) is 11.3 Å². The molecule has 7 heteroatoms. The Bertz CT molecular complexity index is 1230. The zero-order valence-electron chi connectivity index (χ0n) is 15.8. The van der Waals surface area contributed by atoms with Gasteiger partial charge < -0.3 is 15.0 Å². The maximum Gasteiger partial charge on any atom is 0.328 e. The van der Waals surface area contributed by atoms with Crippen molar-refractivity contribution in [2.45, 2.75) is 13.0 Å². The second kappa shape index (κ2) is 7.35. The molecule has 0 fully saturated rings. The standard InChI is InChI=1S/C22H18FN3O3/c1-12(22(28)29-2)24-21(27)18-11-16-15-5-3-4-6-17(15)25-20(16)19(26-18)13-7-9-14(23)10-8-13/h3-12,25H,1-2H3,(H,24,27)/t12-/m1/s1. The number of aromatic amines is 1. The molecular formula is C22H18FN3O3. The van der Waals surface area contributed by atoms with E-state index < -0.39 is 17.9 Å². The number of H-pyrrole nitrogens is 1. The molecule has 1 amide bonds. The third-order valence-electron chi connectivity index (χ3n) is 4.75. The van der Waals surface area contributed by atoms with Gasteiger partial charge in [0.2, 0.25) is 0 Å². The number of rotatable bonds is 4. The number of methoxy groups -OCH3 is 1. The van der Waals surface area contributed by atoms with Crippen molar-refractivity contribution in [3.63, 3.8) is 0 Å². The highest BCUT2D eigenvalue weighted by Gasteiger charge is 2.21. The molecule has 2 aromatic heterocycles. The Hall–Kier alpha value is -3.74. The first-order chi connectivity index (χ1) is 14.0. The highest BCUT2D eigenvalue weighted by Crippen LogP contribution is 2.32. The molecule has 0 aliphatic rings. The largest absolute Gasteiger partial charge is 0.467 e. The second-order valence-corrected chi connectivity index (χ2v) is 6.67.